The Bertz CT molecular complexity index is 546. The smallest absolute Gasteiger partial charge is 0.161 e. The first-order chi connectivity index (χ1) is 11.1. The molecule has 1 unspecified atom stereocenters. The van der Waals surface area contributed by atoms with Gasteiger partial charge in [0, 0.05) is 0 Å². The van der Waals surface area contributed by atoms with Gasteiger partial charge in [-0.2, -0.15) is 5.26 Å². The summed E-state index contributed by atoms with van der Waals surface area (Å²) in [7, 11) is 1.62. The zero-order valence-corrected chi connectivity index (χ0v) is 14.2. The zero-order chi connectivity index (χ0) is 16.7. The lowest BCUT2D eigenvalue weighted by molar-refractivity contribution is 0.0295. The molecule has 1 aromatic rings. The maximum atomic E-state index is 10.9. The molecule has 0 aliphatic heterocycles. The SMILES string of the molecule is CCCCC(O)(CC#N)c1ccc(OC)c(OC2CCCC2)c1. The van der Waals surface area contributed by atoms with Gasteiger partial charge < -0.3 is 14.6 Å². The zero-order valence-electron chi connectivity index (χ0n) is 14.2. The summed E-state index contributed by atoms with van der Waals surface area (Å²) in [6, 6.07) is 7.63. The van der Waals surface area contributed by atoms with Crippen LogP contribution in [0.25, 0.3) is 0 Å². The number of hydrogen-bond donors (Lipinski definition) is 1. The second-order valence-corrected chi connectivity index (χ2v) is 6.36. The Morgan fingerprint density at radius 2 is 2.04 bits per heavy atom. The molecule has 0 saturated heterocycles. The molecule has 0 radical (unpaired) electrons. The predicted octanol–water partition coefficient (Wildman–Crippen LogP) is 4.31. The van der Waals surface area contributed by atoms with Gasteiger partial charge in [0.1, 0.15) is 5.60 Å². The van der Waals surface area contributed by atoms with Crippen LogP contribution in [0.2, 0.25) is 0 Å². The van der Waals surface area contributed by atoms with E-state index in [1.54, 1.807) is 7.11 Å². The molecule has 23 heavy (non-hydrogen) atoms. The molecule has 126 valence electrons. The highest BCUT2D eigenvalue weighted by atomic mass is 16.5. The van der Waals surface area contributed by atoms with Crippen molar-refractivity contribution in [2.75, 3.05) is 7.11 Å². The molecule has 4 heteroatoms. The van der Waals surface area contributed by atoms with E-state index in [9.17, 15) is 5.11 Å². The van der Waals surface area contributed by atoms with Gasteiger partial charge in [-0.25, -0.2) is 0 Å². The third-order valence-electron chi connectivity index (χ3n) is 4.61. The summed E-state index contributed by atoms with van der Waals surface area (Å²) in [5.41, 5.74) is -0.383. The van der Waals surface area contributed by atoms with Gasteiger partial charge in [0.25, 0.3) is 0 Å². The highest BCUT2D eigenvalue weighted by Crippen LogP contribution is 2.38. The molecule has 0 amide bonds. The Labute approximate surface area is 139 Å². The van der Waals surface area contributed by atoms with Crippen LogP contribution in [-0.2, 0) is 5.60 Å². The third kappa shape index (κ3) is 4.39. The molecular formula is C19H27NO3. The van der Waals surface area contributed by atoms with E-state index in [2.05, 4.69) is 13.0 Å². The van der Waals surface area contributed by atoms with Crippen molar-refractivity contribution >= 4 is 0 Å². The topological polar surface area (TPSA) is 62.5 Å². The van der Waals surface area contributed by atoms with Crippen LogP contribution in [0.5, 0.6) is 11.5 Å². The molecule has 2 rings (SSSR count). The molecule has 1 atom stereocenters. The normalized spacial score (nSPS) is 17.5. The molecule has 1 saturated carbocycles. The average Bonchev–Trinajstić information content (AvgIpc) is 3.06. The first kappa shape index (κ1) is 17.6. The number of methoxy groups -OCH3 is 1. The minimum atomic E-state index is -1.12. The molecule has 1 fully saturated rings. The molecule has 1 aliphatic rings. The van der Waals surface area contributed by atoms with Gasteiger partial charge >= 0.3 is 0 Å². The Balaban J connectivity index is 2.28. The molecule has 1 aromatic carbocycles. The van der Waals surface area contributed by atoms with Crippen LogP contribution in [0.3, 0.4) is 0 Å². The van der Waals surface area contributed by atoms with Crippen LogP contribution in [0.15, 0.2) is 18.2 Å². The summed E-state index contributed by atoms with van der Waals surface area (Å²) >= 11 is 0. The molecule has 1 N–H and O–H groups in total. The maximum Gasteiger partial charge on any atom is 0.161 e. The number of rotatable bonds is 8. The molecule has 0 bridgehead atoms. The summed E-state index contributed by atoms with van der Waals surface area (Å²) in [5, 5.41) is 20.0. The molecule has 0 spiro atoms. The Hall–Kier alpha value is -1.73. The van der Waals surface area contributed by atoms with Crippen molar-refractivity contribution in [1.29, 1.82) is 5.26 Å². The Kier molecular flexibility index (Phi) is 6.29. The highest BCUT2D eigenvalue weighted by molar-refractivity contribution is 5.45. The van der Waals surface area contributed by atoms with E-state index in [1.807, 2.05) is 18.2 Å². The molecule has 0 aromatic heterocycles. The van der Waals surface area contributed by atoms with E-state index in [0.717, 1.165) is 31.2 Å². The van der Waals surface area contributed by atoms with Crippen molar-refractivity contribution in [3.63, 3.8) is 0 Å². The minimum absolute atomic E-state index is 0.0855. The van der Waals surface area contributed by atoms with E-state index in [0.29, 0.717) is 17.9 Å². The van der Waals surface area contributed by atoms with Crippen molar-refractivity contribution in [3.8, 4) is 17.6 Å². The van der Waals surface area contributed by atoms with Gasteiger partial charge in [-0.1, -0.05) is 25.8 Å². The lowest BCUT2D eigenvalue weighted by Crippen LogP contribution is -2.25. The molecule has 4 nitrogen and oxygen atoms in total. The first-order valence-corrected chi connectivity index (χ1v) is 8.57. The molecular weight excluding hydrogens is 290 g/mol. The van der Waals surface area contributed by atoms with Crippen molar-refractivity contribution in [1.82, 2.24) is 0 Å². The second-order valence-electron chi connectivity index (χ2n) is 6.36. The Morgan fingerprint density at radius 1 is 1.30 bits per heavy atom. The van der Waals surface area contributed by atoms with Gasteiger partial charge in [0.2, 0.25) is 0 Å². The summed E-state index contributed by atoms with van der Waals surface area (Å²) in [6.07, 6.45) is 7.26. The van der Waals surface area contributed by atoms with Crippen LogP contribution in [-0.4, -0.2) is 18.3 Å². The van der Waals surface area contributed by atoms with Crippen LogP contribution >= 0.6 is 0 Å². The van der Waals surface area contributed by atoms with E-state index >= 15 is 0 Å². The summed E-state index contributed by atoms with van der Waals surface area (Å²) in [6.45, 7) is 2.08. The standard InChI is InChI=1S/C19H27NO3/c1-3-4-11-19(21,12-13-20)15-9-10-17(22-2)18(14-15)23-16-7-5-6-8-16/h9-10,14,16,21H,3-8,11-12H2,1-2H3. The van der Waals surface area contributed by atoms with Gasteiger partial charge in [-0.05, 0) is 49.8 Å². The van der Waals surface area contributed by atoms with Crippen LogP contribution in [0.1, 0.15) is 63.9 Å². The number of ether oxygens (including phenoxy) is 2. The largest absolute Gasteiger partial charge is 0.493 e. The number of hydrogen-bond acceptors (Lipinski definition) is 4. The van der Waals surface area contributed by atoms with E-state index in [4.69, 9.17) is 14.7 Å². The quantitative estimate of drug-likeness (QED) is 0.776. The second kappa shape index (κ2) is 8.21. The summed E-state index contributed by atoms with van der Waals surface area (Å²) < 4.78 is 11.5. The summed E-state index contributed by atoms with van der Waals surface area (Å²) in [4.78, 5) is 0. The van der Waals surface area contributed by atoms with Crippen LogP contribution in [0, 0.1) is 11.3 Å². The van der Waals surface area contributed by atoms with Crippen molar-refractivity contribution < 1.29 is 14.6 Å². The average molecular weight is 317 g/mol. The third-order valence-corrected chi connectivity index (χ3v) is 4.61. The highest BCUT2D eigenvalue weighted by Gasteiger charge is 2.30. The number of unbranched alkanes of at least 4 members (excludes halogenated alkanes) is 1. The van der Waals surface area contributed by atoms with E-state index in [1.165, 1.54) is 12.8 Å². The fraction of sp³-hybridized carbons (Fsp3) is 0.632. The number of nitriles is 1. The van der Waals surface area contributed by atoms with E-state index in [-0.39, 0.29) is 12.5 Å². The molecule has 1 aliphatic carbocycles. The lowest BCUT2D eigenvalue weighted by Gasteiger charge is -2.27. The monoisotopic (exact) mass is 317 g/mol. The van der Waals surface area contributed by atoms with Crippen LogP contribution in [0.4, 0.5) is 0 Å². The van der Waals surface area contributed by atoms with Gasteiger partial charge in [0.15, 0.2) is 11.5 Å². The minimum Gasteiger partial charge on any atom is -0.493 e. The molecule has 0 heterocycles. The number of benzene rings is 1. The number of aliphatic hydroxyl groups is 1. The maximum absolute atomic E-state index is 10.9. The van der Waals surface area contributed by atoms with Gasteiger partial charge in [-0.15, -0.1) is 0 Å². The van der Waals surface area contributed by atoms with Crippen LogP contribution < -0.4 is 9.47 Å². The lowest BCUT2D eigenvalue weighted by atomic mass is 9.86. The Morgan fingerprint density at radius 3 is 2.65 bits per heavy atom. The fourth-order valence-corrected chi connectivity index (χ4v) is 3.18. The predicted molar refractivity (Wildman–Crippen MR) is 89.5 cm³/mol. The van der Waals surface area contributed by atoms with Crippen molar-refractivity contribution in [3.05, 3.63) is 23.8 Å². The van der Waals surface area contributed by atoms with Crippen molar-refractivity contribution in [2.45, 2.75) is 70.0 Å². The summed E-state index contributed by atoms with van der Waals surface area (Å²) in [5.74, 6) is 1.35. The van der Waals surface area contributed by atoms with Gasteiger partial charge in [-0.3, -0.25) is 0 Å². The van der Waals surface area contributed by atoms with E-state index < -0.39 is 5.60 Å². The fourth-order valence-electron chi connectivity index (χ4n) is 3.18. The van der Waals surface area contributed by atoms with Crippen molar-refractivity contribution in [2.24, 2.45) is 0 Å². The number of nitrogens with zero attached hydrogens (tertiary/aromatic N) is 1. The first-order valence-electron chi connectivity index (χ1n) is 8.57. The van der Waals surface area contributed by atoms with Gasteiger partial charge in [0.05, 0.1) is 25.7 Å².